The number of nitrogens with zero attached hydrogens (tertiary/aromatic N) is 4. The van der Waals surface area contributed by atoms with Crippen molar-refractivity contribution >= 4 is 28.1 Å². The van der Waals surface area contributed by atoms with Crippen molar-refractivity contribution in [3.05, 3.63) is 29.7 Å². The van der Waals surface area contributed by atoms with Gasteiger partial charge in [0.15, 0.2) is 4.96 Å². The molecule has 0 fully saturated rings. The summed E-state index contributed by atoms with van der Waals surface area (Å²) >= 11 is 3.31. The number of hydrogen-bond donors (Lipinski definition) is 1. The van der Waals surface area contributed by atoms with E-state index in [-0.39, 0.29) is 0 Å². The van der Waals surface area contributed by atoms with Crippen molar-refractivity contribution in [2.24, 2.45) is 7.05 Å². The molecule has 3 aromatic rings. The van der Waals surface area contributed by atoms with Crippen LogP contribution >= 0.6 is 23.1 Å². The summed E-state index contributed by atoms with van der Waals surface area (Å²) < 4.78 is 3.94. The van der Waals surface area contributed by atoms with E-state index in [1.165, 1.54) is 5.69 Å². The summed E-state index contributed by atoms with van der Waals surface area (Å²) in [6, 6.07) is 0. The summed E-state index contributed by atoms with van der Waals surface area (Å²) in [6.45, 7) is 0.806. The lowest BCUT2D eigenvalue weighted by atomic mass is 10.5. The van der Waals surface area contributed by atoms with Crippen LogP contribution in [0.5, 0.6) is 0 Å². The van der Waals surface area contributed by atoms with Crippen molar-refractivity contribution in [2.75, 3.05) is 7.05 Å². The monoisotopic (exact) mass is 279 g/mol. The molecule has 0 unspecified atom stereocenters. The first-order valence-electron chi connectivity index (χ1n) is 5.53. The van der Waals surface area contributed by atoms with Gasteiger partial charge in [-0.1, -0.05) is 11.8 Å². The van der Waals surface area contributed by atoms with Gasteiger partial charge in [-0.2, -0.15) is 5.10 Å². The maximum atomic E-state index is 4.66. The fourth-order valence-corrected chi connectivity index (χ4v) is 3.53. The topological polar surface area (TPSA) is 47.2 Å². The Morgan fingerprint density at radius 3 is 3.11 bits per heavy atom. The lowest BCUT2D eigenvalue weighted by Gasteiger charge is -2.01. The van der Waals surface area contributed by atoms with Gasteiger partial charge < -0.3 is 5.32 Å². The lowest BCUT2D eigenvalue weighted by molar-refractivity contribution is 0.764. The largest absolute Gasteiger partial charge is 0.314 e. The van der Waals surface area contributed by atoms with E-state index >= 15 is 0 Å². The van der Waals surface area contributed by atoms with Crippen molar-refractivity contribution < 1.29 is 0 Å². The quantitative estimate of drug-likeness (QED) is 0.793. The summed E-state index contributed by atoms with van der Waals surface area (Å²) in [4.78, 5) is 6.81. The zero-order chi connectivity index (χ0) is 12.5. The van der Waals surface area contributed by atoms with E-state index in [0.717, 1.165) is 21.4 Å². The molecule has 0 saturated heterocycles. The predicted octanol–water partition coefficient (Wildman–Crippen LogP) is 2.00. The summed E-state index contributed by atoms with van der Waals surface area (Å²) in [7, 11) is 3.87. The van der Waals surface area contributed by atoms with Crippen molar-refractivity contribution in [1.29, 1.82) is 0 Å². The maximum absolute atomic E-state index is 4.66. The van der Waals surface area contributed by atoms with Crippen LogP contribution in [0.2, 0.25) is 0 Å². The van der Waals surface area contributed by atoms with Gasteiger partial charge in [-0.25, -0.2) is 4.98 Å². The molecule has 0 saturated carbocycles. The summed E-state index contributed by atoms with van der Waals surface area (Å²) in [5.74, 6) is 0. The van der Waals surface area contributed by atoms with E-state index in [1.807, 2.05) is 26.5 Å². The number of fused-ring (bicyclic) bond motifs is 1. The van der Waals surface area contributed by atoms with E-state index in [1.54, 1.807) is 27.8 Å². The van der Waals surface area contributed by atoms with Crippen LogP contribution < -0.4 is 5.32 Å². The molecule has 0 atom stereocenters. The van der Waals surface area contributed by atoms with E-state index in [2.05, 4.69) is 31.4 Å². The third kappa shape index (κ3) is 2.05. The zero-order valence-corrected chi connectivity index (χ0v) is 11.8. The van der Waals surface area contributed by atoms with Crippen LogP contribution in [0.1, 0.15) is 5.69 Å². The molecule has 3 aromatic heterocycles. The van der Waals surface area contributed by atoms with E-state index in [0.29, 0.717) is 0 Å². The van der Waals surface area contributed by atoms with Crippen LogP contribution in [-0.4, -0.2) is 26.2 Å². The maximum Gasteiger partial charge on any atom is 0.194 e. The summed E-state index contributed by atoms with van der Waals surface area (Å²) in [6.07, 6.45) is 5.93. The van der Waals surface area contributed by atoms with Gasteiger partial charge >= 0.3 is 0 Å². The Labute approximate surface area is 113 Å². The predicted molar refractivity (Wildman–Crippen MR) is 73.2 cm³/mol. The highest BCUT2D eigenvalue weighted by molar-refractivity contribution is 7.99. The highest BCUT2D eigenvalue weighted by Gasteiger charge is 2.14. The molecule has 94 valence electrons. The fourth-order valence-electron chi connectivity index (χ4n) is 1.79. The molecule has 3 rings (SSSR count). The second-order valence-electron chi connectivity index (χ2n) is 3.90. The van der Waals surface area contributed by atoms with Gasteiger partial charge in [0.25, 0.3) is 0 Å². The Bertz CT molecular complexity index is 666. The molecule has 0 aromatic carbocycles. The Morgan fingerprint density at radius 1 is 1.50 bits per heavy atom. The van der Waals surface area contributed by atoms with Crippen LogP contribution in [0.15, 0.2) is 33.9 Å². The van der Waals surface area contributed by atoms with Crippen LogP contribution in [0, 0.1) is 0 Å². The van der Waals surface area contributed by atoms with Crippen LogP contribution in [0.4, 0.5) is 0 Å². The first kappa shape index (κ1) is 11.8. The molecule has 1 N–H and O–H groups in total. The summed E-state index contributed by atoms with van der Waals surface area (Å²) in [5.41, 5.74) is 1.20. The number of rotatable bonds is 4. The fraction of sp³-hybridized carbons (Fsp3) is 0.273. The average Bonchev–Trinajstić information content (AvgIpc) is 3.00. The third-order valence-corrected chi connectivity index (χ3v) is 4.29. The lowest BCUT2D eigenvalue weighted by Crippen LogP contribution is -2.07. The van der Waals surface area contributed by atoms with Crippen molar-refractivity contribution in [2.45, 2.75) is 16.5 Å². The number of hydrogen-bond acceptors (Lipinski definition) is 5. The van der Waals surface area contributed by atoms with Crippen LogP contribution in [0.3, 0.4) is 0 Å². The highest BCUT2D eigenvalue weighted by Crippen LogP contribution is 2.31. The van der Waals surface area contributed by atoms with Gasteiger partial charge in [-0.15, -0.1) is 11.3 Å². The van der Waals surface area contributed by atoms with E-state index < -0.39 is 0 Å². The SMILES string of the molecule is CNCc1c(Sc2cnn(C)c2)nc2sccn12. The smallest absolute Gasteiger partial charge is 0.194 e. The minimum atomic E-state index is 0.806. The van der Waals surface area contributed by atoms with Gasteiger partial charge in [0, 0.05) is 31.4 Å². The van der Waals surface area contributed by atoms with Gasteiger partial charge in [-0.3, -0.25) is 9.08 Å². The molecular weight excluding hydrogens is 266 g/mol. The van der Waals surface area contributed by atoms with E-state index in [4.69, 9.17) is 0 Å². The number of nitrogens with one attached hydrogen (secondary N) is 1. The molecule has 0 aliphatic carbocycles. The zero-order valence-electron chi connectivity index (χ0n) is 10.1. The second kappa shape index (κ2) is 4.75. The first-order chi connectivity index (χ1) is 8.78. The standard InChI is InChI=1S/C11H13N5S2/c1-12-6-9-10(14-11-16(9)3-4-17-11)18-8-5-13-15(2)7-8/h3-5,7,12H,6H2,1-2H3. The summed E-state index contributed by atoms with van der Waals surface area (Å²) in [5, 5.41) is 10.5. The van der Waals surface area contributed by atoms with Crippen molar-refractivity contribution in [1.82, 2.24) is 24.5 Å². The van der Waals surface area contributed by atoms with Gasteiger partial charge in [0.05, 0.1) is 16.8 Å². The highest BCUT2D eigenvalue weighted by atomic mass is 32.2. The number of aromatic nitrogens is 4. The Morgan fingerprint density at radius 2 is 2.39 bits per heavy atom. The van der Waals surface area contributed by atoms with Crippen LogP contribution in [0.25, 0.3) is 4.96 Å². The molecule has 0 radical (unpaired) electrons. The average molecular weight is 279 g/mol. The minimum absolute atomic E-state index is 0.806. The third-order valence-electron chi connectivity index (χ3n) is 2.56. The van der Waals surface area contributed by atoms with Gasteiger partial charge in [0.2, 0.25) is 0 Å². The molecule has 3 heterocycles. The molecule has 18 heavy (non-hydrogen) atoms. The second-order valence-corrected chi connectivity index (χ2v) is 5.84. The van der Waals surface area contributed by atoms with Gasteiger partial charge in [-0.05, 0) is 7.05 Å². The van der Waals surface area contributed by atoms with Crippen LogP contribution in [-0.2, 0) is 13.6 Å². The van der Waals surface area contributed by atoms with E-state index in [9.17, 15) is 0 Å². The molecule has 0 bridgehead atoms. The minimum Gasteiger partial charge on any atom is -0.314 e. The number of imidazole rings is 1. The Balaban J connectivity index is 1.99. The Kier molecular flexibility index (Phi) is 3.11. The molecule has 0 aliphatic rings. The molecule has 0 aliphatic heterocycles. The molecule has 0 spiro atoms. The van der Waals surface area contributed by atoms with Crippen molar-refractivity contribution in [3.8, 4) is 0 Å². The van der Waals surface area contributed by atoms with Gasteiger partial charge in [0.1, 0.15) is 5.03 Å². The number of aryl methyl sites for hydroxylation is 1. The van der Waals surface area contributed by atoms with Crippen molar-refractivity contribution in [3.63, 3.8) is 0 Å². The molecule has 7 heteroatoms. The normalized spacial score (nSPS) is 11.4. The molecule has 5 nitrogen and oxygen atoms in total. The molecular formula is C11H13N5S2. The number of thiazole rings is 1. The Hall–Kier alpha value is -1.31. The molecule has 0 amide bonds. The first-order valence-corrected chi connectivity index (χ1v) is 7.23.